The standard InChI is InChI=1S/C11H13N3/c1-8-3-2-4-9(5-8)11-10(6-12)13-7-14-11/h2-5,7H,6,12H2,1H3,(H,13,14). The van der Waals surface area contributed by atoms with Crippen LogP contribution < -0.4 is 5.73 Å². The summed E-state index contributed by atoms with van der Waals surface area (Å²) < 4.78 is 0. The quantitative estimate of drug-likeness (QED) is 0.753. The van der Waals surface area contributed by atoms with Gasteiger partial charge < -0.3 is 10.7 Å². The molecule has 0 atom stereocenters. The highest BCUT2D eigenvalue weighted by Crippen LogP contribution is 2.20. The lowest BCUT2D eigenvalue weighted by atomic mass is 10.1. The Kier molecular flexibility index (Phi) is 2.33. The van der Waals surface area contributed by atoms with Crippen LogP contribution in [-0.2, 0) is 6.54 Å². The van der Waals surface area contributed by atoms with Crippen molar-refractivity contribution in [2.24, 2.45) is 5.73 Å². The van der Waals surface area contributed by atoms with E-state index in [0.717, 1.165) is 17.0 Å². The summed E-state index contributed by atoms with van der Waals surface area (Å²) in [6.45, 7) is 2.56. The van der Waals surface area contributed by atoms with Crippen molar-refractivity contribution in [3.8, 4) is 11.3 Å². The minimum atomic E-state index is 0.489. The SMILES string of the molecule is Cc1cccc(-c2nc[nH]c2CN)c1. The number of hydrogen-bond acceptors (Lipinski definition) is 2. The van der Waals surface area contributed by atoms with Crippen molar-refractivity contribution in [1.82, 2.24) is 9.97 Å². The molecule has 2 rings (SSSR count). The van der Waals surface area contributed by atoms with Crippen LogP contribution in [0.2, 0.25) is 0 Å². The number of nitrogens with one attached hydrogen (secondary N) is 1. The molecule has 72 valence electrons. The molecule has 1 heterocycles. The molecule has 1 aromatic carbocycles. The zero-order valence-electron chi connectivity index (χ0n) is 8.12. The smallest absolute Gasteiger partial charge is 0.0929 e. The number of aromatic nitrogens is 2. The third-order valence-electron chi connectivity index (χ3n) is 2.21. The van der Waals surface area contributed by atoms with Crippen LogP contribution in [0.25, 0.3) is 11.3 Å². The maximum atomic E-state index is 5.60. The maximum Gasteiger partial charge on any atom is 0.0929 e. The van der Waals surface area contributed by atoms with Crippen LogP contribution in [0.15, 0.2) is 30.6 Å². The van der Waals surface area contributed by atoms with Gasteiger partial charge in [0.2, 0.25) is 0 Å². The van der Waals surface area contributed by atoms with Gasteiger partial charge in [0, 0.05) is 12.1 Å². The zero-order valence-corrected chi connectivity index (χ0v) is 8.12. The van der Waals surface area contributed by atoms with Crippen molar-refractivity contribution >= 4 is 0 Å². The number of nitrogens with zero attached hydrogens (tertiary/aromatic N) is 1. The summed E-state index contributed by atoms with van der Waals surface area (Å²) in [5, 5.41) is 0. The molecule has 3 nitrogen and oxygen atoms in total. The highest BCUT2D eigenvalue weighted by Gasteiger charge is 2.05. The third kappa shape index (κ3) is 1.54. The average molecular weight is 187 g/mol. The molecule has 2 aromatic rings. The van der Waals surface area contributed by atoms with Crippen LogP contribution in [0.5, 0.6) is 0 Å². The molecule has 1 aromatic heterocycles. The minimum absolute atomic E-state index is 0.489. The molecule has 0 aliphatic rings. The van der Waals surface area contributed by atoms with E-state index in [-0.39, 0.29) is 0 Å². The Balaban J connectivity index is 2.49. The average Bonchev–Trinajstić information content (AvgIpc) is 2.65. The van der Waals surface area contributed by atoms with Crippen molar-refractivity contribution in [1.29, 1.82) is 0 Å². The molecular formula is C11H13N3. The van der Waals surface area contributed by atoms with Gasteiger partial charge in [0.25, 0.3) is 0 Å². The second-order valence-corrected chi connectivity index (χ2v) is 3.30. The van der Waals surface area contributed by atoms with Gasteiger partial charge in [-0.2, -0.15) is 0 Å². The highest BCUT2D eigenvalue weighted by molar-refractivity contribution is 5.62. The lowest BCUT2D eigenvalue weighted by molar-refractivity contribution is 1.01. The summed E-state index contributed by atoms with van der Waals surface area (Å²) in [6.07, 6.45) is 1.68. The van der Waals surface area contributed by atoms with Crippen LogP contribution >= 0.6 is 0 Å². The summed E-state index contributed by atoms with van der Waals surface area (Å²) >= 11 is 0. The van der Waals surface area contributed by atoms with Crippen LogP contribution in [0.4, 0.5) is 0 Å². The summed E-state index contributed by atoms with van der Waals surface area (Å²) in [5.41, 5.74) is 9.88. The van der Waals surface area contributed by atoms with E-state index in [1.165, 1.54) is 5.56 Å². The molecule has 0 bridgehead atoms. The van der Waals surface area contributed by atoms with Gasteiger partial charge in [-0.3, -0.25) is 0 Å². The Morgan fingerprint density at radius 3 is 3.00 bits per heavy atom. The first-order valence-corrected chi connectivity index (χ1v) is 4.60. The number of imidazole rings is 1. The number of rotatable bonds is 2. The monoisotopic (exact) mass is 187 g/mol. The number of aryl methyl sites for hydroxylation is 1. The third-order valence-corrected chi connectivity index (χ3v) is 2.21. The molecule has 3 N–H and O–H groups in total. The Hall–Kier alpha value is -1.61. The first-order valence-electron chi connectivity index (χ1n) is 4.60. The molecule has 0 spiro atoms. The molecule has 0 fully saturated rings. The number of aromatic amines is 1. The van der Waals surface area contributed by atoms with Crippen molar-refractivity contribution < 1.29 is 0 Å². The fourth-order valence-corrected chi connectivity index (χ4v) is 1.52. The molecule has 0 radical (unpaired) electrons. The zero-order chi connectivity index (χ0) is 9.97. The van der Waals surface area contributed by atoms with Gasteiger partial charge in [0.1, 0.15) is 0 Å². The first-order chi connectivity index (χ1) is 6.81. The predicted octanol–water partition coefficient (Wildman–Crippen LogP) is 1.84. The lowest BCUT2D eigenvalue weighted by Crippen LogP contribution is -1.98. The van der Waals surface area contributed by atoms with E-state index in [1.807, 2.05) is 12.1 Å². The Labute approximate surface area is 83.0 Å². The number of benzene rings is 1. The van der Waals surface area contributed by atoms with Gasteiger partial charge in [-0.05, 0) is 13.0 Å². The van der Waals surface area contributed by atoms with E-state index in [0.29, 0.717) is 6.54 Å². The summed E-state index contributed by atoms with van der Waals surface area (Å²) in [5.74, 6) is 0. The summed E-state index contributed by atoms with van der Waals surface area (Å²) in [6, 6.07) is 8.25. The van der Waals surface area contributed by atoms with Gasteiger partial charge in [-0.25, -0.2) is 4.98 Å². The predicted molar refractivity (Wildman–Crippen MR) is 56.7 cm³/mol. The second kappa shape index (κ2) is 3.64. The van der Waals surface area contributed by atoms with Crippen molar-refractivity contribution in [2.75, 3.05) is 0 Å². The maximum absolute atomic E-state index is 5.60. The molecule has 0 saturated carbocycles. The van der Waals surface area contributed by atoms with E-state index in [9.17, 15) is 0 Å². The molecule has 3 heteroatoms. The molecule has 0 amide bonds. The van der Waals surface area contributed by atoms with Crippen LogP contribution in [-0.4, -0.2) is 9.97 Å². The number of nitrogens with two attached hydrogens (primary N) is 1. The van der Waals surface area contributed by atoms with E-state index in [2.05, 4.69) is 29.0 Å². The molecule has 0 aliphatic heterocycles. The molecule has 0 unspecified atom stereocenters. The van der Waals surface area contributed by atoms with Gasteiger partial charge in [0.15, 0.2) is 0 Å². The van der Waals surface area contributed by atoms with E-state index in [4.69, 9.17) is 5.73 Å². The summed E-state index contributed by atoms with van der Waals surface area (Å²) in [7, 11) is 0. The Bertz CT molecular complexity index is 432. The van der Waals surface area contributed by atoms with E-state index < -0.39 is 0 Å². The lowest BCUT2D eigenvalue weighted by Gasteiger charge is -2.01. The Morgan fingerprint density at radius 1 is 1.43 bits per heavy atom. The molecular weight excluding hydrogens is 174 g/mol. The van der Waals surface area contributed by atoms with Crippen molar-refractivity contribution in [2.45, 2.75) is 13.5 Å². The van der Waals surface area contributed by atoms with E-state index >= 15 is 0 Å². The fourth-order valence-electron chi connectivity index (χ4n) is 1.52. The number of hydrogen-bond donors (Lipinski definition) is 2. The van der Waals surface area contributed by atoms with Crippen LogP contribution in [0.1, 0.15) is 11.3 Å². The van der Waals surface area contributed by atoms with Crippen molar-refractivity contribution in [3.05, 3.63) is 41.9 Å². The minimum Gasteiger partial charge on any atom is -0.347 e. The first kappa shape index (κ1) is 8.97. The largest absolute Gasteiger partial charge is 0.347 e. The van der Waals surface area contributed by atoms with Gasteiger partial charge in [-0.1, -0.05) is 23.8 Å². The van der Waals surface area contributed by atoms with Crippen LogP contribution in [0.3, 0.4) is 0 Å². The van der Waals surface area contributed by atoms with Gasteiger partial charge in [-0.15, -0.1) is 0 Å². The van der Waals surface area contributed by atoms with Crippen molar-refractivity contribution in [3.63, 3.8) is 0 Å². The van der Waals surface area contributed by atoms with Crippen LogP contribution in [0, 0.1) is 6.92 Å². The summed E-state index contributed by atoms with van der Waals surface area (Å²) in [4.78, 5) is 7.30. The fraction of sp³-hybridized carbons (Fsp3) is 0.182. The van der Waals surface area contributed by atoms with Gasteiger partial charge >= 0.3 is 0 Å². The second-order valence-electron chi connectivity index (χ2n) is 3.30. The molecule has 0 aliphatic carbocycles. The highest BCUT2D eigenvalue weighted by atomic mass is 14.9. The van der Waals surface area contributed by atoms with E-state index in [1.54, 1.807) is 6.33 Å². The normalized spacial score (nSPS) is 10.4. The Morgan fingerprint density at radius 2 is 2.29 bits per heavy atom. The topological polar surface area (TPSA) is 54.7 Å². The molecule has 14 heavy (non-hydrogen) atoms. The number of H-pyrrole nitrogens is 1. The van der Waals surface area contributed by atoms with Gasteiger partial charge in [0.05, 0.1) is 17.7 Å². The molecule has 0 saturated heterocycles.